The molecule has 2 aromatic carbocycles. The second-order valence-electron chi connectivity index (χ2n) is 7.59. The minimum atomic E-state index is 0.659. The van der Waals surface area contributed by atoms with E-state index >= 15 is 0 Å². The molecule has 0 nitrogen and oxygen atoms in total. The maximum atomic E-state index is 4.50. The number of fused-ring (bicyclic) bond motifs is 1. The fourth-order valence-electron chi connectivity index (χ4n) is 3.29. The predicted molar refractivity (Wildman–Crippen MR) is 106 cm³/mol. The van der Waals surface area contributed by atoms with Crippen molar-refractivity contribution in [3.8, 4) is 0 Å². The first kappa shape index (κ1) is 19.8. The van der Waals surface area contributed by atoms with Gasteiger partial charge in [-0.1, -0.05) is 76.8 Å². The van der Waals surface area contributed by atoms with Crippen molar-refractivity contribution in [2.24, 2.45) is 11.3 Å². The average Bonchev–Trinajstić information content (AvgIpc) is 2.53. The van der Waals surface area contributed by atoms with Gasteiger partial charge in [0.2, 0.25) is 0 Å². The largest absolute Gasteiger partial charge is 0.0999 e. The summed E-state index contributed by atoms with van der Waals surface area (Å²) >= 11 is 0. The van der Waals surface area contributed by atoms with E-state index in [4.69, 9.17) is 0 Å². The normalized spacial score (nSPS) is 16.8. The predicted octanol–water partition coefficient (Wildman–Crippen LogP) is 6.88. The molecule has 0 unspecified atom stereocenters. The van der Waals surface area contributed by atoms with Crippen LogP contribution in [-0.4, -0.2) is 7.85 Å². The fourth-order valence-corrected chi connectivity index (χ4v) is 3.29. The Morgan fingerprint density at radius 1 is 0.870 bits per heavy atom. The highest BCUT2D eigenvalue weighted by Crippen LogP contribution is 2.37. The average molecular weight is 308 g/mol. The molecule has 0 amide bonds. The summed E-state index contributed by atoms with van der Waals surface area (Å²) in [5.74, 6) is 0.998. The Morgan fingerprint density at radius 3 is 1.65 bits per heavy atom. The number of benzene rings is 2. The van der Waals surface area contributed by atoms with Gasteiger partial charge in [-0.05, 0) is 59.9 Å². The molecule has 1 heteroatoms. The van der Waals surface area contributed by atoms with Crippen LogP contribution in [0, 0.1) is 25.2 Å². The second kappa shape index (κ2) is 9.16. The zero-order valence-corrected chi connectivity index (χ0v) is 15.9. The molecule has 3 rings (SSSR count). The topological polar surface area (TPSA) is 0 Å². The summed E-state index contributed by atoms with van der Waals surface area (Å²) in [6, 6.07) is 12.9. The molecule has 0 bridgehead atoms. The molecule has 1 aliphatic rings. The van der Waals surface area contributed by atoms with Crippen molar-refractivity contribution < 1.29 is 0 Å². The summed E-state index contributed by atoms with van der Waals surface area (Å²) in [6.07, 6.45) is 5.78. The zero-order chi connectivity index (χ0) is 17.5. The van der Waals surface area contributed by atoms with Crippen molar-refractivity contribution in [1.29, 1.82) is 0 Å². The fraction of sp³-hybridized carbons (Fsp3) is 0.545. The number of hydrogen-bond donors (Lipinski definition) is 0. The lowest BCUT2D eigenvalue weighted by Gasteiger charge is -2.32. The van der Waals surface area contributed by atoms with Crippen LogP contribution in [0.2, 0.25) is 6.82 Å². The summed E-state index contributed by atoms with van der Waals surface area (Å²) in [4.78, 5) is 0. The molecule has 2 radical (unpaired) electrons. The molecular weight excluding hydrogens is 275 g/mol. The van der Waals surface area contributed by atoms with Crippen LogP contribution >= 0.6 is 0 Å². The Labute approximate surface area is 145 Å². The first-order valence-electron chi connectivity index (χ1n) is 8.92. The van der Waals surface area contributed by atoms with Gasteiger partial charge in [0.15, 0.2) is 0 Å². The van der Waals surface area contributed by atoms with Gasteiger partial charge in [0, 0.05) is 0 Å². The quantitative estimate of drug-likeness (QED) is 0.465. The van der Waals surface area contributed by atoms with E-state index in [1.54, 1.807) is 0 Å². The molecule has 0 spiro atoms. The monoisotopic (exact) mass is 308 g/mol. The third-order valence-corrected chi connectivity index (χ3v) is 4.95. The number of aryl methyl sites for hydroxylation is 2. The van der Waals surface area contributed by atoms with Gasteiger partial charge in [0.05, 0.1) is 7.85 Å². The van der Waals surface area contributed by atoms with E-state index in [9.17, 15) is 0 Å². The van der Waals surface area contributed by atoms with Crippen LogP contribution in [0.15, 0.2) is 36.4 Å². The van der Waals surface area contributed by atoms with Crippen molar-refractivity contribution in [2.75, 3.05) is 0 Å². The molecule has 0 atom stereocenters. The molecule has 1 aliphatic carbocycles. The molecule has 0 aromatic heterocycles. The Bertz CT molecular complexity index is 551. The third kappa shape index (κ3) is 6.05. The molecular formula is C22H33B. The van der Waals surface area contributed by atoms with Gasteiger partial charge < -0.3 is 0 Å². The van der Waals surface area contributed by atoms with E-state index in [2.05, 4.69) is 78.9 Å². The lowest BCUT2D eigenvalue weighted by Crippen LogP contribution is -2.19. The summed E-state index contributed by atoms with van der Waals surface area (Å²) in [5.41, 5.74) is 3.39. The molecule has 0 N–H and O–H groups in total. The van der Waals surface area contributed by atoms with Crippen molar-refractivity contribution in [3.05, 3.63) is 47.5 Å². The molecule has 0 saturated heterocycles. The highest BCUT2D eigenvalue weighted by atomic mass is 14.3. The lowest BCUT2D eigenvalue weighted by molar-refractivity contribution is 0.201. The lowest BCUT2D eigenvalue weighted by atomic mass is 9.74. The molecule has 1 saturated carbocycles. The van der Waals surface area contributed by atoms with Crippen LogP contribution in [0.1, 0.15) is 57.6 Å². The molecule has 124 valence electrons. The van der Waals surface area contributed by atoms with Gasteiger partial charge in [-0.2, -0.15) is 0 Å². The summed E-state index contributed by atoms with van der Waals surface area (Å²) in [6.45, 7) is 13.0. The smallest absolute Gasteiger partial charge is 0.0606 e. The first-order valence-corrected chi connectivity index (χ1v) is 8.92. The Kier molecular flexibility index (Phi) is 7.89. The third-order valence-electron chi connectivity index (χ3n) is 4.95. The van der Waals surface area contributed by atoms with E-state index in [-0.39, 0.29) is 0 Å². The van der Waals surface area contributed by atoms with Crippen LogP contribution in [0.3, 0.4) is 0 Å². The zero-order valence-electron chi connectivity index (χ0n) is 15.9. The van der Waals surface area contributed by atoms with Gasteiger partial charge in [-0.25, -0.2) is 0 Å². The summed E-state index contributed by atoms with van der Waals surface area (Å²) < 4.78 is 0. The highest BCUT2D eigenvalue weighted by Gasteiger charge is 2.23. The van der Waals surface area contributed by atoms with Crippen LogP contribution in [0.4, 0.5) is 0 Å². The van der Waals surface area contributed by atoms with E-state index in [1.807, 2.05) is 0 Å². The van der Waals surface area contributed by atoms with Gasteiger partial charge in [0.25, 0.3) is 0 Å². The van der Waals surface area contributed by atoms with Crippen LogP contribution in [0.5, 0.6) is 0 Å². The van der Waals surface area contributed by atoms with Gasteiger partial charge in [0.1, 0.15) is 0 Å². The van der Waals surface area contributed by atoms with E-state index in [1.165, 1.54) is 54.4 Å². The van der Waals surface area contributed by atoms with Crippen molar-refractivity contribution in [3.63, 3.8) is 0 Å². The summed E-state index contributed by atoms with van der Waals surface area (Å²) in [7, 11) is 4.50. The van der Waals surface area contributed by atoms with E-state index in [0.717, 1.165) is 5.92 Å². The molecule has 23 heavy (non-hydrogen) atoms. The number of hydrogen-bond acceptors (Lipinski definition) is 0. The Hall–Kier alpha value is -1.24. The second-order valence-corrected chi connectivity index (χ2v) is 7.59. The standard InChI is InChI=1S/C12H12.C9H18.CH3B/c1-9-5-3-7-11-8-4-6-10(2)12(9)11;1-8-4-6-9(2,3)7-5-8;1-2/h3-8H,1-2H3;8H,4-7H2,1-3H3;1H3. The van der Waals surface area contributed by atoms with Crippen LogP contribution in [-0.2, 0) is 0 Å². The Morgan fingerprint density at radius 2 is 1.30 bits per heavy atom. The first-order chi connectivity index (χ1) is 10.9. The maximum Gasteiger partial charge on any atom is 0.0606 e. The van der Waals surface area contributed by atoms with Crippen molar-refractivity contribution in [1.82, 2.24) is 0 Å². The van der Waals surface area contributed by atoms with Crippen molar-refractivity contribution in [2.45, 2.75) is 67.1 Å². The Balaban J connectivity index is 0.000000215. The van der Waals surface area contributed by atoms with Gasteiger partial charge >= 0.3 is 0 Å². The van der Waals surface area contributed by atoms with Crippen LogP contribution < -0.4 is 0 Å². The highest BCUT2D eigenvalue weighted by molar-refractivity contribution is 6.05. The maximum absolute atomic E-state index is 4.50. The SMILES string of the molecule is CC1CCC(C)(C)CC1.Cc1cccc2cccc(C)c12.[B]C. The molecule has 0 aliphatic heterocycles. The molecule has 2 aromatic rings. The van der Waals surface area contributed by atoms with Gasteiger partial charge in [-0.3, -0.25) is 0 Å². The number of rotatable bonds is 0. The molecule has 0 heterocycles. The van der Waals surface area contributed by atoms with E-state index < -0.39 is 0 Å². The van der Waals surface area contributed by atoms with Gasteiger partial charge in [-0.15, -0.1) is 0 Å². The van der Waals surface area contributed by atoms with E-state index in [0.29, 0.717) is 5.41 Å². The van der Waals surface area contributed by atoms with Crippen LogP contribution in [0.25, 0.3) is 10.8 Å². The minimum absolute atomic E-state index is 0.659. The minimum Gasteiger partial charge on any atom is -0.0999 e. The molecule has 1 fully saturated rings. The van der Waals surface area contributed by atoms with Crippen molar-refractivity contribution >= 4 is 18.6 Å². The summed E-state index contributed by atoms with van der Waals surface area (Å²) in [5, 5.41) is 2.75.